The number of likely N-dealkylation sites (tertiary alicyclic amines) is 1. The molecule has 0 saturated carbocycles. The van der Waals surface area contributed by atoms with E-state index in [-0.39, 0.29) is 17.0 Å². The maximum absolute atomic E-state index is 12.6. The molecule has 0 radical (unpaired) electrons. The Morgan fingerprint density at radius 1 is 1.38 bits per heavy atom. The summed E-state index contributed by atoms with van der Waals surface area (Å²) in [6, 6.07) is 5.60. The number of hydrogen-bond donors (Lipinski definition) is 3. The van der Waals surface area contributed by atoms with Crippen molar-refractivity contribution in [3.05, 3.63) is 42.2 Å². The quantitative estimate of drug-likeness (QED) is 0.782. The summed E-state index contributed by atoms with van der Waals surface area (Å²) in [4.78, 5) is 14.3. The molecular weight excluding hydrogens is 330 g/mol. The molecule has 2 aromatic rings. The van der Waals surface area contributed by atoms with Crippen LogP contribution >= 0.6 is 0 Å². The number of nitrogens with zero attached hydrogens (tertiary/aromatic N) is 2. The summed E-state index contributed by atoms with van der Waals surface area (Å²) in [7, 11) is -3.81. The summed E-state index contributed by atoms with van der Waals surface area (Å²) in [5.74, 6) is 0. The number of hydrogen-bond acceptors (Lipinski definition) is 4. The topological polar surface area (TPSA) is 121 Å². The molecule has 2 heterocycles. The molecule has 0 unspecified atom stereocenters. The molecule has 1 aromatic heterocycles. The van der Waals surface area contributed by atoms with Crippen molar-refractivity contribution in [1.82, 2.24) is 15.1 Å². The molecule has 1 aromatic carbocycles. The number of anilines is 1. The minimum atomic E-state index is -3.81. The molecule has 1 fully saturated rings. The monoisotopic (exact) mass is 349 g/mol. The predicted octanol–water partition coefficient (Wildman–Crippen LogP) is 1.82. The molecule has 9 heteroatoms. The first-order chi connectivity index (χ1) is 11.4. The first kappa shape index (κ1) is 16.5. The fourth-order valence-electron chi connectivity index (χ4n) is 2.91. The predicted molar refractivity (Wildman–Crippen MR) is 88.7 cm³/mol. The van der Waals surface area contributed by atoms with Gasteiger partial charge < -0.3 is 10.2 Å². The lowest BCUT2D eigenvalue weighted by atomic mass is 9.98. The van der Waals surface area contributed by atoms with E-state index in [1.807, 2.05) is 0 Å². The van der Waals surface area contributed by atoms with Crippen molar-refractivity contribution < 1.29 is 13.2 Å². The van der Waals surface area contributed by atoms with Crippen LogP contribution in [0.15, 0.2) is 41.6 Å². The smallest absolute Gasteiger partial charge is 0.317 e. The lowest BCUT2D eigenvalue weighted by Crippen LogP contribution is -2.41. The third kappa shape index (κ3) is 3.57. The van der Waals surface area contributed by atoms with Gasteiger partial charge in [0.1, 0.15) is 0 Å². The van der Waals surface area contributed by atoms with Gasteiger partial charge in [0.25, 0.3) is 0 Å². The van der Waals surface area contributed by atoms with E-state index in [9.17, 15) is 13.2 Å². The SMILES string of the molecule is NS(=O)(=O)c1cccc(NC(=O)N2CCCC[C@H]2c2cn[nH]c2)c1. The van der Waals surface area contributed by atoms with Crippen molar-refractivity contribution in [2.45, 2.75) is 30.2 Å². The molecule has 1 atom stereocenters. The molecule has 3 rings (SSSR count). The Bertz CT molecular complexity index is 819. The third-order valence-electron chi connectivity index (χ3n) is 4.08. The summed E-state index contributed by atoms with van der Waals surface area (Å²) in [6.45, 7) is 0.635. The van der Waals surface area contributed by atoms with Crippen LogP contribution in [-0.4, -0.2) is 36.1 Å². The summed E-state index contributed by atoms with van der Waals surface area (Å²) in [6.07, 6.45) is 6.35. The van der Waals surface area contributed by atoms with Crippen molar-refractivity contribution >= 4 is 21.7 Å². The highest BCUT2D eigenvalue weighted by molar-refractivity contribution is 7.89. The van der Waals surface area contributed by atoms with Gasteiger partial charge in [-0.15, -0.1) is 0 Å². The van der Waals surface area contributed by atoms with E-state index in [1.165, 1.54) is 12.1 Å². The van der Waals surface area contributed by atoms with Crippen molar-refractivity contribution in [2.75, 3.05) is 11.9 Å². The van der Waals surface area contributed by atoms with Gasteiger partial charge in [-0.05, 0) is 37.5 Å². The van der Waals surface area contributed by atoms with Crippen molar-refractivity contribution in [3.8, 4) is 0 Å². The van der Waals surface area contributed by atoms with Gasteiger partial charge in [-0.25, -0.2) is 18.4 Å². The van der Waals surface area contributed by atoms with Crippen LogP contribution in [0, 0.1) is 0 Å². The van der Waals surface area contributed by atoms with Gasteiger partial charge in [0.2, 0.25) is 10.0 Å². The molecule has 0 aliphatic carbocycles. The van der Waals surface area contributed by atoms with E-state index >= 15 is 0 Å². The zero-order chi connectivity index (χ0) is 17.2. The number of benzene rings is 1. The summed E-state index contributed by atoms with van der Waals surface area (Å²) in [5, 5.41) is 14.6. The van der Waals surface area contributed by atoms with Crippen LogP contribution in [0.25, 0.3) is 0 Å². The number of carbonyl (C=O) groups excluding carboxylic acids is 1. The zero-order valence-electron chi connectivity index (χ0n) is 13.0. The van der Waals surface area contributed by atoms with Crippen LogP contribution in [-0.2, 0) is 10.0 Å². The van der Waals surface area contributed by atoms with Crippen LogP contribution in [0.1, 0.15) is 30.9 Å². The summed E-state index contributed by atoms with van der Waals surface area (Å²) >= 11 is 0. The fraction of sp³-hybridized carbons (Fsp3) is 0.333. The van der Waals surface area contributed by atoms with E-state index in [1.54, 1.807) is 29.4 Å². The number of aromatic amines is 1. The second-order valence-electron chi connectivity index (χ2n) is 5.74. The Labute approximate surface area is 140 Å². The van der Waals surface area contributed by atoms with Gasteiger partial charge in [-0.3, -0.25) is 5.10 Å². The molecule has 1 aliphatic rings. The van der Waals surface area contributed by atoms with Crippen molar-refractivity contribution in [1.29, 1.82) is 0 Å². The van der Waals surface area contributed by atoms with E-state index in [0.29, 0.717) is 12.2 Å². The second kappa shape index (κ2) is 6.62. The molecule has 0 bridgehead atoms. The van der Waals surface area contributed by atoms with Crippen LogP contribution in [0.2, 0.25) is 0 Å². The Balaban J connectivity index is 1.78. The highest BCUT2D eigenvalue weighted by Gasteiger charge is 2.28. The lowest BCUT2D eigenvalue weighted by Gasteiger charge is -2.35. The fourth-order valence-corrected chi connectivity index (χ4v) is 3.47. The normalized spacial score (nSPS) is 18.4. The molecule has 2 amide bonds. The van der Waals surface area contributed by atoms with Gasteiger partial charge in [0.05, 0.1) is 17.1 Å². The van der Waals surface area contributed by atoms with Crippen LogP contribution < -0.4 is 10.5 Å². The highest BCUT2D eigenvalue weighted by atomic mass is 32.2. The molecule has 128 valence electrons. The maximum atomic E-state index is 12.6. The number of urea groups is 1. The average molecular weight is 349 g/mol. The standard InChI is InChI=1S/C15H19N5O3S/c16-24(22,23)13-5-3-4-12(8-13)19-15(21)20-7-2-1-6-14(20)11-9-17-18-10-11/h3-5,8-10,14H,1-2,6-7H2,(H,17,18)(H,19,21)(H2,16,22,23)/t14-/m0/s1. The van der Waals surface area contributed by atoms with E-state index in [2.05, 4.69) is 15.5 Å². The number of nitrogens with one attached hydrogen (secondary N) is 2. The van der Waals surface area contributed by atoms with Gasteiger partial charge in [0.15, 0.2) is 0 Å². The van der Waals surface area contributed by atoms with Gasteiger partial charge in [-0.1, -0.05) is 6.07 Å². The Hall–Kier alpha value is -2.39. The number of primary sulfonamides is 1. The number of piperidine rings is 1. The first-order valence-electron chi connectivity index (χ1n) is 7.64. The maximum Gasteiger partial charge on any atom is 0.322 e. The zero-order valence-corrected chi connectivity index (χ0v) is 13.8. The molecular formula is C15H19N5O3S. The Morgan fingerprint density at radius 2 is 2.21 bits per heavy atom. The molecule has 0 spiro atoms. The molecule has 4 N–H and O–H groups in total. The third-order valence-corrected chi connectivity index (χ3v) is 4.99. The number of nitrogens with two attached hydrogens (primary N) is 1. The van der Waals surface area contributed by atoms with Gasteiger partial charge >= 0.3 is 6.03 Å². The Kier molecular flexibility index (Phi) is 4.54. The van der Waals surface area contributed by atoms with E-state index in [4.69, 9.17) is 5.14 Å². The number of H-pyrrole nitrogens is 1. The average Bonchev–Trinajstić information content (AvgIpc) is 3.08. The number of rotatable bonds is 3. The number of aromatic nitrogens is 2. The minimum Gasteiger partial charge on any atom is -0.317 e. The number of sulfonamides is 1. The number of amides is 2. The lowest BCUT2D eigenvalue weighted by molar-refractivity contribution is 0.163. The minimum absolute atomic E-state index is 0.0367. The van der Waals surface area contributed by atoms with E-state index in [0.717, 1.165) is 24.8 Å². The largest absolute Gasteiger partial charge is 0.322 e. The van der Waals surface area contributed by atoms with Gasteiger partial charge in [0, 0.05) is 24.0 Å². The summed E-state index contributed by atoms with van der Waals surface area (Å²) < 4.78 is 22.8. The van der Waals surface area contributed by atoms with Crippen LogP contribution in [0.3, 0.4) is 0 Å². The first-order valence-corrected chi connectivity index (χ1v) is 9.19. The second-order valence-corrected chi connectivity index (χ2v) is 7.30. The summed E-state index contributed by atoms with van der Waals surface area (Å²) in [5.41, 5.74) is 1.35. The van der Waals surface area contributed by atoms with E-state index < -0.39 is 10.0 Å². The van der Waals surface area contributed by atoms with Crippen molar-refractivity contribution in [2.24, 2.45) is 5.14 Å². The molecule has 24 heavy (non-hydrogen) atoms. The Morgan fingerprint density at radius 3 is 2.92 bits per heavy atom. The van der Waals surface area contributed by atoms with Crippen molar-refractivity contribution in [3.63, 3.8) is 0 Å². The van der Waals surface area contributed by atoms with Crippen LogP contribution in [0.5, 0.6) is 0 Å². The molecule has 1 aliphatic heterocycles. The number of carbonyl (C=O) groups is 1. The van der Waals surface area contributed by atoms with Crippen LogP contribution in [0.4, 0.5) is 10.5 Å². The van der Waals surface area contributed by atoms with Gasteiger partial charge in [-0.2, -0.15) is 5.10 Å². The highest BCUT2D eigenvalue weighted by Crippen LogP contribution is 2.30. The molecule has 8 nitrogen and oxygen atoms in total. The molecule has 1 saturated heterocycles.